The molecule has 1 unspecified atom stereocenters. The first kappa shape index (κ1) is 32.2. The topological polar surface area (TPSA) is 159 Å². The Bertz CT molecular complexity index is 2430. The Hall–Kier alpha value is -5.71. The van der Waals surface area contributed by atoms with Crippen LogP contribution in [0.3, 0.4) is 0 Å². The number of benzene rings is 2. The van der Waals surface area contributed by atoms with E-state index >= 15 is 0 Å². The minimum Gasteiger partial charge on any atom is -0.382 e. The molecule has 0 radical (unpaired) electrons. The van der Waals surface area contributed by atoms with Gasteiger partial charge in [0.1, 0.15) is 5.82 Å². The van der Waals surface area contributed by atoms with Crippen LogP contribution in [0.25, 0.3) is 27.8 Å². The largest absolute Gasteiger partial charge is 0.382 e. The Kier molecular flexibility index (Phi) is 8.86. The van der Waals surface area contributed by atoms with Gasteiger partial charge in [0.15, 0.2) is 11.5 Å². The Morgan fingerprint density at radius 3 is 2.58 bits per heavy atom. The standard InChI is InChI=1S/C35H30N8O3S2/c1-21(40-34(44)31-32(36)39-19-29(41-31)25-15-23(16-37-17-25)20-48(3,4)46)33-42-28-12-8-9-24(13-14-27-18-38-22(2)47-27)30(28)35(45)43(33)26-10-6-5-7-11-26/h5-12,15-19,21H,3,20H2,1-2,4H3,(H2,36,39)(H,40,44)/t21-,48?/m0/s1. The lowest BCUT2D eigenvalue weighted by atomic mass is 10.1. The molecule has 1 amide bonds. The van der Waals surface area contributed by atoms with Gasteiger partial charge in [-0.3, -0.25) is 23.3 Å². The summed E-state index contributed by atoms with van der Waals surface area (Å²) in [5, 5.41) is 4.15. The Morgan fingerprint density at radius 1 is 1.06 bits per heavy atom. The number of nitrogens with two attached hydrogens (primary N) is 1. The summed E-state index contributed by atoms with van der Waals surface area (Å²) >= 11 is 1.47. The van der Waals surface area contributed by atoms with Gasteiger partial charge in [0.05, 0.1) is 50.6 Å². The summed E-state index contributed by atoms with van der Waals surface area (Å²) < 4.78 is 13.7. The van der Waals surface area contributed by atoms with Gasteiger partial charge >= 0.3 is 0 Å². The van der Waals surface area contributed by atoms with Crippen molar-refractivity contribution in [3.8, 4) is 28.8 Å². The molecule has 0 spiro atoms. The summed E-state index contributed by atoms with van der Waals surface area (Å²) in [5.74, 6) is 9.79. The molecule has 4 aromatic heterocycles. The van der Waals surface area contributed by atoms with Crippen LogP contribution < -0.4 is 16.6 Å². The molecule has 11 nitrogen and oxygen atoms in total. The predicted molar refractivity (Wildman–Crippen MR) is 191 cm³/mol. The lowest BCUT2D eigenvalue weighted by Crippen LogP contribution is -2.34. The summed E-state index contributed by atoms with van der Waals surface area (Å²) in [6.45, 7) is 3.63. The Morgan fingerprint density at radius 2 is 1.85 bits per heavy atom. The minimum atomic E-state index is -2.30. The third-order valence-corrected chi connectivity index (χ3v) is 8.97. The number of hydrogen-bond acceptors (Lipinski definition) is 10. The van der Waals surface area contributed by atoms with Crippen LogP contribution in [0.5, 0.6) is 0 Å². The lowest BCUT2D eigenvalue weighted by Gasteiger charge is -2.20. The van der Waals surface area contributed by atoms with Crippen LogP contribution in [0.1, 0.15) is 50.3 Å². The number of carbonyl (C=O) groups is 1. The van der Waals surface area contributed by atoms with Crippen molar-refractivity contribution in [2.45, 2.75) is 25.6 Å². The molecule has 2 atom stereocenters. The van der Waals surface area contributed by atoms with Gasteiger partial charge in [0.2, 0.25) is 0 Å². The van der Waals surface area contributed by atoms with Gasteiger partial charge in [0, 0.05) is 35.5 Å². The summed E-state index contributed by atoms with van der Waals surface area (Å²) in [4.78, 5) is 50.8. The van der Waals surface area contributed by atoms with E-state index in [4.69, 9.17) is 10.7 Å². The van der Waals surface area contributed by atoms with Gasteiger partial charge in [-0.25, -0.2) is 19.9 Å². The molecule has 6 aromatic rings. The molecular weight excluding hydrogens is 645 g/mol. The number of aromatic nitrogens is 6. The fraction of sp³-hybridized carbons (Fsp3) is 0.143. The normalized spacial score (nSPS) is 12.9. The number of thiazole rings is 1. The molecule has 0 saturated carbocycles. The van der Waals surface area contributed by atoms with Gasteiger partial charge in [-0.1, -0.05) is 30.2 Å². The molecule has 0 saturated heterocycles. The van der Waals surface area contributed by atoms with Crippen LogP contribution in [-0.2, 0) is 15.3 Å². The summed E-state index contributed by atoms with van der Waals surface area (Å²) in [6.07, 6.45) is 7.90. The maximum Gasteiger partial charge on any atom is 0.274 e. The number of pyridine rings is 1. The third-order valence-electron chi connectivity index (χ3n) is 7.19. The maximum absolute atomic E-state index is 14.3. The molecule has 0 aliphatic heterocycles. The van der Waals surface area contributed by atoms with E-state index in [9.17, 15) is 13.8 Å². The molecule has 48 heavy (non-hydrogen) atoms. The number of nitrogens with one attached hydrogen (secondary N) is 1. The number of para-hydroxylation sites is 1. The first-order valence-corrected chi connectivity index (χ1v) is 17.8. The minimum absolute atomic E-state index is 0.0758. The highest BCUT2D eigenvalue weighted by Gasteiger charge is 2.23. The van der Waals surface area contributed by atoms with Gasteiger partial charge in [0.25, 0.3) is 11.5 Å². The second kappa shape index (κ2) is 13.2. The molecule has 2 aromatic carbocycles. The highest BCUT2D eigenvalue weighted by Crippen LogP contribution is 2.23. The molecule has 0 bridgehead atoms. The van der Waals surface area contributed by atoms with Crippen molar-refractivity contribution < 1.29 is 9.00 Å². The van der Waals surface area contributed by atoms with Gasteiger partial charge < -0.3 is 11.1 Å². The number of nitrogens with zero attached hydrogens (tertiary/aromatic N) is 6. The zero-order chi connectivity index (χ0) is 34.0. The number of anilines is 1. The van der Waals surface area contributed by atoms with E-state index in [0.717, 1.165) is 9.88 Å². The number of carbonyl (C=O) groups excluding carboxylic acids is 1. The van der Waals surface area contributed by atoms with Gasteiger partial charge in [-0.15, -0.1) is 11.3 Å². The third kappa shape index (κ3) is 7.00. The molecule has 0 fully saturated rings. The van der Waals surface area contributed by atoms with Crippen molar-refractivity contribution in [3.05, 3.63) is 122 Å². The van der Waals surface area contributed by atoms with E-state index in [2.05, 4.69) is 43.0 Å². The van der Waals surface area contributed by atoms with Crippen molar-refractivity contribution in [1.29, 1.82) is 0 Å². The van der Waals surface area contributed by atoms with Gasteiger partial charge in [-0.05, 0) is 71.1 Å². The van der Waals surface area contributed by atoms with E-state index in [1.54, 1.807) is 68.2 Å². The molecule has 0 aliphatic rings. The fourth-order valence-corrected chi connectivity index (χ4v) is 6.60. The van der Waals surface area contributed by atoms with Crippen LogP contribution >= 0.6 is 11.3 Å². The highest BCUT2D eigenvalue weighted by atomic mass is 32.2. The smallest absolute Gasteiger partial charge is 0.274 e. The number of rotatable bonds is 7. The quantitative estimate of drug-likeness (QED) is 0.186. The zero-order valence-corrected chi connectivity index (χ0v) is 27.9. The Balaban J connectivity index is 1.38. The zero-order valence-electron chi connectivity index (χ0n) is 26.3. The average Bonchev–Trinajstić information content (AvgIpc) is 3.48. The fourth-order valence-electron chi connectivity index (χ4n) is 5.11. The second-order valence-corrected chi connectivity index (χ2v) is 15.1. The van der Waals surface area contributed by atoms with Gasteiger partial charge in [-0.2, -0.15) is 0 Å². The van der Waals surface area contributed by atoms with Crippen molar-refractivity contribution >= 4 is 49.4 Å². The van der Waals surface area contributed by atoms with Crippen molar-refractivity contribution in [2.75, 3.05) is 12.0 Å². The second-order valence-electron chi connectivity index (χ2n) is 11.2. The van der Waals surface area contributed by atoms with Crippen molar-refractivity contribution in [3.63, 3.8) is 0 Å². The van der Waals surface area contributed by atoms with Crippen molar-refractivity contribution in [1.82, 2.24) is 34.8 Å². The van der Waals surface area contributed by atoms with Crippen LogP contribution in [0.4, 0.5) is 5.82 Å². The lowest BCUT2D eigenvalue weighted by molar-refractivity contribution is 0.0933. The van der Waals surface area contributed by atoms with Crippen LogP contribution in [-0.4, -0.2) is 51.7 Å². The van der Waals surface area contributed by atoms with E-state index in [-0.39, 0.29) is 22.8 Å². The molecule has 13 heteroatoms. The molecular formula is C35H30N8O3S2. The Labute approximate surface area is 281 Å². The summed E-state index contributed by atoms with van der Waals surface area (Å²) in [7, 11) is -2.30. The van der Waals surface area contributed by atoms with Crippen LogP contribution in [0, 0.1) is 18.8 Å². The monoisotopic (exact) mass is 674 g/mol. The van der Waals surface area contributed by atoms with Crippen LogP contribution in [0.15, 0.2) is 84.2 Å². The van der Waals surface area contributed by atoms with E-state index in [1.807, 2.05) is 25.1 Å². The summed E-state index contributed by atoms with van der Waals surface area (Å²) in [5.41, 5.74) is 8.85. The number of hydrogen-bond donors (Lipinski definition) is 2. The van der Waals surface area contributed by atoms with Crippen molar-refractivity contribution in [2.24, 2.45) is 0 Å². The molecule has 6 rings (SSSR count). The first-order valence-electron chi connectivity index (χ1n) is 14.7. The van der Waals surface area contributed by atoms with E-state index in [0.29, 0.717) is 44.8 Å². The van der Waals surface area contributed by atoms with Crippen LogP contribution in [0.2, 0.25) is 0 Å². The average molecular weight is 675 g/mol. The molecule has 0 aliphatic carbocycles. The highest BCUT2D eigenvalue weighted by molar-refractivity contribution is 7.98. The first-order chi connectivity index (χ1) is 23.0. The number of aryl methyl sites for hydroxylation is 1. The molecule has 4 heterocycles. The number of nitrogen functional groups attached to an aromatic ring is 1. The predicted octanol–water partition coefficient (Wildman–Crippen LogP) is 4.32. The maximum atomic E-state index is 14.3. The number of fused-ring (bicyclic) bond motifs is 1. The summed E-state index contributed by atoms with van der Waals surface area (Å²) in [6, 6.07) is 15.4. The van der Waals surface area contributed by atoms with E-state index < -0.39 is 21.5 Å². The number of amides is 1. The van der Waals surface area contributed by atoms with E-state index in [1.165, 1.54) is 22.1 Å². The molecule has 240 valence electrons. The SMILES string of the molecule is C=S(C)(=O)Cc1cncc(-c2cnc(N)c(C(=O)N[C@@H](C)c3nc4cccc(C#Cc5cnc(C)s5)c4c(=O)n3-c3ccccc3)n2)c1. The molecule has 3 N–H and O–H groups in total.